The number of aliphatic hydroxyl groups excluding tert-OH is 1. The van der Waals surface area contributed by atoms with Crippen molar-refractivity contribution in [2.45, 2.75) is 25.7 Å². The molecule has 118 valence electrons. The standard InChI is InChI=1S/C19H20N2O2/c22-17(12-20-9-14-5-1-2-6-15(14)10-20)13-21-11-16-7-3-4-8-18(16)19(21)23/h1-8,17,22H,9-13H2/t17-/m0/s1. The lowest BCUT2D eigenvalue weighted by Crippen LogP contribution is -2.38. The summed E-state index contributed by atoms with van der Waals surface area (Å²) in [6, 6.07) is 16.1. The lowest BCUT2D eigenvalue weighted by Gasteiger charge is -2.24. The van der Waals surface area contributed by atoms with Crippen molar-refractivity contribution in [3.63, 3.8) is 0 Å². The van der Waals surface area contributed by atoms with E-state index in [4.69, 9.17) is 0 Å². The molecule has 2 aromatic rings. The molecule has 0 unspecified atom stereocenters. The normalized spacial score (nSPS) is 18.1. The quantitative estimate of drug-likeness (QED) is 0.940. The van der Waals surface area contributed by atoms with Crippen LogP contribution in [0.4, 0.5) is 0 Å². The number of carbonyl (C=O) groups is 1. The second-order valence-electron chi connectivity index (χ2n) is 6.43. The number of β-amino-alcohol motifs (C(OH)–C–C–N with tert-alkyl or cyclic N) is 1. The van der Waals surface area contributed by atoms with Gasteiger partial charge in [0.25, 0.3) is 5.91 Å². The number of hydrogen-bond donors (Lipinski definition) is 1. The summed E-state index contributed by atoms with van der Waals surface area (Å²) >= 11 is 0. The van der Waals surface area contributed by atoms with Gasteiger partial charge in [-0.15, -0.1) is 0 Å². The smallest absolute Gasteiger partial charge is 0.254 e. The summed E-state index contributed by atoms with van der Waals surface area (Å²) in [5.41, 5.74) is 4.50. The van der Waals surface area contributed by atoms with Gasteiger partial charge in [-0.3, -0.25) is 9.69 Å². The van der Waals surface area contributed by atoms with Gasteiger partial charge in [-0.1, -0.05) is 42.5 Å². The van der Waals surface area contributed by atoms with Gasteiger partial charge in [0.15, 0.2) is 0 Å². The number of carbonyl (C=O) groups excluding carboxylic acids is 1. The van der Waals surface area contributed by atoms with E-state index in [9.17, 15) is 9.90 Å². The Labute approximate surface area is 136 Å². The van der Waals surface area contributed by atoms with Crippen molar-refractivity contribution in [1.29, 1.82) is 0 Å². The van der Waals surface area contributed by atoms with E-state index in [-0.39, 0.29) is 5.91 Å². The van der Waals surface area contributed by atoms with Crippen LogP contribution < -0.4 is 0 Å². The number of fused-ring (bicyclic) bond motifs is 2. The van der Waals surface area contributed by atoms with Gasteiger partial charge in [0.2, 0.25) is 0 Å². The molecule has 2 aromatic carbocycles. The zero-order valence-corrected chi connectivity index (χ0v) is 13.0. The topological polar surface area (TPSA) is 43.8 Å². The summed E-state index contributed by atoms with van der Waals surface area (Å²) < 4.78 is 0. The summed E-state index contributed by atoms with van der Waals surface area (Å²) in [7, 11) is 0. The Balaban J connectivity index is 1.35. The Bertz CT molecular complexity index is 719. The van der Waals surface area contributed by atoms with Gasteiger partial charge in [-0.2, -0.15) is 0 Å². The van der Waals surface area contributed by atoms with Gasteiger partial charge in [0.05, 0.1) is 6.10 Å². The van der Waals surface area contributed by atoms with Crippen molar-refractivity contribution >= 4 is 5.91 Å². The van der Waals surface area contributed by atoms with Gasteiger partial charge in [-0.05, 0) is 22.8 Å². The Morgan fingerprint density at radius 1 is 0.870 bits per heavy atom. The van der Waals surface area contributed by atoms with E-state index in [0.717, 1.165) is 24.2 Å². The first-order valence-electron chi connectivity index (χ1n) is 8.05. The van der Waals surface area contributed by atoms with E-state index in [0.29, 0.717) is 19.6 Å². The third kappa shape index (κ3) is 2.76. The van der Waals surface area contributed by atoms with Gasteiger partial charge in [0, 0.05) is 38.3 Å². The zero-order valence-electron chi connectivity index (χ0n) is 13.0. The molecular weight excluding hydrogens is 288 g/mol. The Morgan fingerprint density at radius 3 is 2.13 bits per heavy atom. The third-order valence-corrected chi connectivity index (χ3v) is 4.70. The minimum absolute atomic E-state index is 0.0318. The average Bonchev–Trinajstić information content (AvgIpc) is 3.09. The molecule has 2 heterocycles. The number of rotatable bonds is 4. The lowest BCUT2D eigenvalue weighted by molar-refractivity contribution is 0.0540. The van der Waals surface area contributed by atoms with Crippen LogP contribution in [-0.2, 0) is 19.6 Å². The summed E-state index contributed by atoms with van der Waals surface area (Å²) in [6.45, 7) is 3.34. The van der Waals surface area contributed by atoms with Crippen molar-refractivity contribution in [2.75, 3.05) is 13.1 Å². The molecule has 0 radical (unpaired) electrons. The van der Waals surface area contributed by atoms with Crippen LogP contribution in [0.1, 0.15) is 27.0 Å². The molecule has 0 saturated heterocycles. The Kier molecular flexibility index (Phi) is 3.63. The van der Waals surface area contributed by atoms with E-state index in [1.807, 2.05) is 24.3 Å². The molecule has 2 aliphatic rings. The summed E-state index contributed by atoms with van der Waals surface area (Å²) in [5, 5.41) is 10.4. The molecule has 1 amide bonds. The maximum Gasteiger partial charge on any atom is 0.254 e. The summed E-state index contributed by atoms with van der Waals surface area (Å²) in [4.78, 5) is 16.3. The van der Waals surface area contributed by atoms with Crippen LogP contribution in [0.15, 0.2) is 48.5 Å². The average molecular weight is 308 g/mol. The fourth-order valence-electron chi connectivity index (χ4n) is 3.61. The lowest BCUT2D eigenvalue weighted by atomic mass is 10.1. The SMILES string of the molecule is O=C1c2ccccc2CN1C[C@@H](O)CN1Cc2ccccc2C1. The van der Waals surface area contributed by atoms with Crippen molar-refractivity contribution in [3.8, 4) is 0 Å². The van der Waals surface area contributed by atoms with Crippen LogP contribution in [-0.4, -0.2) is 40.0 Å². The maximum absolute atomic E-state index is 12.3. The van der Waals surface area contributed by atoms with Gasteiger partial charge in [0.1, 0.15) is 0 Å². The maximum atomic E-state index is 12.3. The molecule has 23 heavy (non-hydrogen) atoms. The van der Waals surface area contributed by atoms with E-state index < -0.39 is 6.10 Å². The second-order valence-corrected chi connectivity index (χ2v) is 6.43. The van der Waals surface area contributed by atoms with Crippen LogP contribution in [0.5, 0.6) is 0 Å². The molecule has 1 N–H and O–H groups in total. The van der Waals surface area contributed by atoms with E-state index in [1.54, 1.807) is 4.90 Å². The second kappa shape index (κ2) is 5.80. The first-order valence-corrected chi connectivity index (χ1v) is 8.05. The first-order chi connectivity index (χ1) is 11.2. The Hall–Kier alpha value is -2.17. The summed E-state index contributed by atoms with van der Waals surface area (Å²) in [6.07, 6.45) is -0.525. The predicted molar refractivity (Wildman–Crippen MR) is 87.7 cm³/mol. The number of aliphatic hydroxyl groups is 1. The number of benzene rings is 2. The highest BCUT2D eigenvalue weighted by Crippen LogP contribution is 2.24. The predicted octanol–water partition coefficient (Wildman–Crippen LogP) is 2.02. The van der Waals surface area contributed by atoms with Crippen LogP contribution in [0.2, 0.25) is 0 Å². The van der Waals surface area contributed by atoms with Crippen LogP contribution in [0, 0.1) is 0 Å². The minimum Gasteiger partial charge on any atom is -0.390 e. The molecule has 4 rings (SSSR count). The van der Waals surface area contributed by atoms with Crippen LogP contribution in [0.3, 0.4) is 0 Å². The highest BCUT2D eigenvalue weighted by atomic mass is 16.3. The van der Waals surface area contributed by atoms with Crippen molar-refractivity contribution in [3.05, 3.63) is 70.8 Å². The molecule has 4 heteroatoms. The molecule has 0 aromatic heterocycles. The number of nitrogens with zero attached hydrogens (tertiary/aromatic N) is 2. The fraction of sp³-hybridized carbons (Fsp3) is 0.316. The van der Waals surface area contributed by atoms with Crippen LogP contribution >= 0.6 is 0 Å². The zero-order chi connectivity index (χ0) is 15.8. The molecular formula is C19H20N2O2. The summed E-state index contributed by atoms with van der Waals surface area (Å²) in [5.74, 6) is 0.0318. The third-order valence-electron chi connectivity index (χ3n) is 4.70. The number of hydrogen-bond acceptors (Lipinski definition) is 3. The molecule has 4 nitrogen and oxygen atoms in total. The molecule has 0 saturated carbocycles. The first kappa shape index (κ1) is 14.4. The molecule has 0 bridgehead atoms. The molecule has 0 spiro atoms. The Morgan fingerprint density at radius 2 is 1.48 bits per heavy atom. The molecule has 0 aliphatic carbocycles. The van der Waals surface area contributed by atoms with Crippen molar-refractivity contribution < 1.29 is 9.90 Å². The van der Waals surface area contributed by atoms with Gasteiger partial charge in [-0.25, -0.2) is 0 Å². The highest BCUT2D eigenvalue weighted by Gasteiger charge is 2.29. The van der Waals surface area contributed by atoms with Gasteiger partial charge < -0.3 is 10.0 Å². The minimum atomic E-state index is -0.525. The molecule has 0 fully saturated rings. The van der Waals surface area contributed by atoms with E-state index >= 15 is 0 Å². The van der Waals surface area contributed by atoms with Crippen LogP contribution in [0.25, 0.3) is 0 Å². The fourth-order valence-corrected chi connectivity index (χ4v) is 3.61. The van der Waals surface area contributed by atoms with E-state index in [1.165, 1.54) is 11.1 Å². The van der Waals surface area contributed by atoms with Crippen molar-refractivity contribution in [1.82, 2.24) is 9.80 Å². The molecule has 1 atom stereocenters. The number of amides is 1. The highest BCUT2D eigenvalue weighted by molar-refractivity contribution is 5.98. The molecule has 2 aliphatic heterocycles. The van der Waals surface area contributed by atoms with E-state index in [2.05, 4.69) is 29.2 Å². The monoisotopic (exact) mass is 308 g/mol. The van der Waals surface area contributed by atoms with Crippen molar-refractivity contribution in [2.24, 2.45) is 0 Å². The largest absolute Gasteiger partial charge is 0.390 e. The van der Waals surface area contributed by atoms with Gasteiger partial charge >= 0.3 is 0 Å².